The molecule has 0 radical (unpaired) electrons. The van der Waals surface area contributed by atoms with Crippen LogP contribution in [0.4, 0.5) is 0 Å². The van der Waals surface area contributed by atoms with E-state index in [9.17, 15) is 24.2 Å². The smallest absolute Gasteiger partial charge is 0.463 e. The van der Waals surface area contributed by atoms with Crippen molar-refractivity contribution in [3.63, 3.8) is 0 Å². The van der Waals surface area contributed by atoms with Gasteiger partial charge in [-0.25, -0.2) is 4.57 Å². The number of nitrogens with one attached hydrogen (secondary N) is 1. The molecule has 0 saturated carbocycles. The Morgan fingerprint density at radius 1 is 0.771 bits per heavy atom. The zero-order valence-corrected chi connectivity index (χ0v) is 22.9. The van der Waals surface area contributed by atoms with Crippen LogP contribution in [0, 0.1) is 0 Å². The Bertz CT molecular complexity index is 576. The van der Waals surface area contributed by atoms with Gasteiger partial charge in [-0.2, -0.15) is 0 Å². The summed E-state index contributed by atoms with van der Waals surface area (Å²) in [6.07, 6.45) is 15.7. The number of esters is 1. The first kappa shape index (κ1) is 34.0. The van der Waals surface area contributed by atoms with Gasteiger partial charge >= 0.3 is 13.8 Å². The molecule has 0 heterocycles. The molecule has 2 atom stereocenters. The van der Waals surface area contributed by atoms with Gasteiger partial charge in [0.2, 0.25) is 5.91 Å². The summed E-state index contributed by atoms with van der Waals surface area (Å²) in [5, 5.41) is 12.4. The number of amides is 1. The minimum absolute atomic E-state index is 0.0791. The number of hydrogen-bond donors (Lipinski definition) is 3. The summed E-state index contributed by atoms with van der Waals surface area (Å²) in [6, 6.07) is 0. The predicted octanol–water partition coefficient (Wildman–Crippen LogP) is 5.42. The van der Waals surface area contributed by atoms with E-state index in [0.29, 0.717) is 6.42 Å². The van der Waals surface area contributed by atoms with E-state index in [-0.39, 0.29) is 32.1 Å². The van der Waals surface area contributed by atoms with E-state index < -0.39 is 26.5 Å². The molecule has 2 unspecified atom stereocenters. The van der Waals surface area contributed by atoms with Crippen molar-refractivity contribution in [3.05, 3.63) is 0 Å². The Hall–Kier alpha value is -0.990. The molecule has 0 aromatic heterocycles. The number of rotatable bonds is 25. The first-order valence-electron chi connectivity index (χ1n) is 13.5. The third kappa shape index (κ3) is 24.5. The highest BCUT2D eigenvalue weighted by Gasteiger charge is 2.23. The second-order valence-electron chi connectivity index (χ2n) is 9.03. The van der Waals surface area contributed by atoms with Crippen molar-refractivity contribution in [1.29, 1.82) is 0 Å². The van der Waals surface area contributed by atoms with E-state index in [4.69, 9.17) is 13.8 Å². The molecule has 0 aromatic carbocycles. The largest absolute Gasteiger partial charge is 0.472 e. The number of ether oxygens (including phenoxy) is 1. The van der Waals surface area contributed by atoms with Gasteiger partial charge in [0.15, 0.2) is 0 Å². The van der Waals surface area contributed by atoms with E-state index in [1.54, 1.807) is 0 Å². The lowest BCUT2D eigenvalue weighted by Gasteiger charge is -2.15. The van der Waals surface area contributed by atoms with E-state index >= 15 is 0 Å². The third-order valence-electron chi connectivity index (χ3n) is 5.54. The summed E-state index contributed by atoms with van der Waals surface area (Å²) in [5.41, 5.74) is 0. The molecular formula is C25H50NO8P. The number of aliphatic hydroxyl groups excluding tert-OH is 1. The lowest BCUT2D eigenvalue weighted by Crippen LogP contribution is -2.27. The zero-order chi connectivity index (χ0) is 26.2. The Morgan fingerprint density at radius 3 is 1.89 bits per heavy atom. The summed E-state index contributed by atoms with van der Waals surface area (Å²) in [5.74, 6) is -0.553. The normalized spacial score (nSPS) is 13.8. The molecule has 0 rings (SSSR count). The molecule has 35 heavy (non-hydrogen) atoms. The minimum atomic E-state index is -4.37. The Balaban J connectivity index is 3.63. The highest BCUT2D eigenvalue weighted by atomic mass is 31.2. The Morgan fingerprint density at radius 2 is 1.31 bits per heavy atom. The molecule has 208 valence electrons. The molecule has 0 aliphatic heterocycles. The molecule has 3 N–H and O–H groups in total. The van der Waals surface area contributed by atoms with Crippen LogP contribution in [0.25, 0.3) is 0 Å². The van der Waals surface area contributed by atoms with Gasteiger partial charge in [-0.15, -0.1) is 0 Å². The van der Waals surface area contributed by atoms with Gasteiger partial charge in [0, 0.05) is 19.4 Å². The second-order valence-corrected chi connectivity index (χ2v) is 10.5. The van der Waals surface area contributed by atoms with Crippen LogP contribution in [0.5, 0.6) is 0 Å². The molecule has 0 aliphatic rings. The van der Waals surface area contributed by atoms with E-state index in [2.05, 4.69) is 12.2 Å². The number of phosphoric acid groups is 1. The van der Waals surface area contributed by atoms with Gasteiger partial charge in [-0.1, -0.05) is 90.9 Å². The van der Waals surface area contributed by atoms with Crippen LogP contribution in [0.2, 0.25) is 0 Å². The summed E-state index contributed by atoms with van der Waals surface area (Å²) in [7, 11) is -4.37. The lowest BCUT2D eigenvalue weighted by atomic mass is 10.0. The first-order valence-corrected chi connectivity index (χ1v) is 15.0. The summed E-state index contributed by atoms with van der Waals surface area (Å²) in [4.78, 5) is 32.8. The first-order chi connectivity index (χ1) is 16.8. The molecule has 9 nitrogen and oxygen atoms in total. The lowest BCUT2D eigenvalue weighted by molar-refractivity contribution is -0.147. The number of carbonyl (C=O) groups excluding carboxylic acids is 2. The maximum absolute atomic E-state index is 11.8. The van der Waals surface area contributed by atoms with Crippen molar-refractivity contribution in [3.8, 4) is 0 Å². The van der Waals surface area contributed by atoms with Crippen LogP contribution in [-0.2, 0) is 27.9 Å². The van der Waals surface area contributed by atoms with Crippen LogP contribution >= 0.6 is 7.82 Å². The fourth-order valence-corrected chi connectivity index (χ4v) is 4.17. The van der Waals surface area contributed by atoms with Crippen molar-refractivity contribution in [2.75, 3.05) is 26.4 Å². The fourth-order valence-electron chi connectivity index (χ4n) is 3.41. The molecule has 0 aromatic rings. The Kier molecular flexibility index (Phi) is 22.7. The average Bonchev–Trinajstić information content (AvgIpc) is 2.83. The zero-order valence-electron chi connectivity index (χ0n) is 22.0. The summed E-state index contributed by atoms with van der Waals surface area (Å²) in [6.45, 7) is 3.26. The number of carbonyl (C=O) groups is 2. The van der Waals surface area contributed by atoms with E-state index in [1.165, 1.54) is 57.8 Å². The van der Waals surface area contributed by atoms with Crippen molar-refractivity contribution in [1.82, 2.24) is 5.32 Å². The van der Waals surface area contributed by atoms with Crippen LogP contribution < -0.4 is 5.32 Å². The van der Waals surface area contributed by atoms with Crippen LogP contribution in [0.15, 0.2) is 0 Å². The minimum Gasteiger partial charge on any atom is -0.463 e. The number of unbranched alkanes of at least 4 members (excludes halogenated alkanes) is 12. The van der Waals surface area contributed by atoms with Gasteiger partial charge in [0.1, 0.15) is 12.7 Å². The summed E-state index contributed by atoms with van der Waals surface area (Å²) < 4.78 is 26.2. The number of phosphoric ester groups is 1. The SMILES string of the molecule is CCCCCCCCCCCCCCC(=O)OCC(O)COP(=O)(O)OCCNC(=O)CCCC. The predicted molar refractivity (Wildman–Crippen MR) is 137 cm³/mol. The van der Waals surface area contributed by atoms with Crippen molar-refractivity contribution < 1.29 is 37.9 Å². The molecule has 0 spiro atoms. The fraction of sp³-hybridized carbons (Fsp3) is 0.920. The highest BCUT2D eigenvalue weighted by molar-refractivity contribution is 7.47. The number of hydrogen-bond acceptors (Lipinski definition) is 7. The van der Waals surface area contributed by atoms with E-state index in [1.807, 2.05) is 6.92 Å². The van der Waals surface area contributed by atoms with Crippen LogP contribution in [0.3, 0.4) is 0 Å². The molecule has 0 saturated heterocycles. The second kappa shape index (κ2) is 23.4. The van der Waals surface area contributed by atoms with Crippen molar-refractivity contribution in [2.24, 2.45) is 0 Å². The molecule has 0 bridgehead atoms. The maximum atomic E-state index is 11.8. The number of aliphatic hydroxyl groups is 1. The van der Waals surface area contributed by atoms with Gasteiger partial charge in [0.05, 0.1) is 13.2 Å². The molecule has 10 heteroatoms. The van der Waals surface area contributed by atoms with Crippen LogP contribution in [0.1, 0.15) is 117 Å². The third-order valence-corrected chi connectivity index (χ3v) is 6.52. The van der Waals surface area contributed by atoms with Crippen LogP contribution in [-0.4, -0.2) is 54.3 Å². The van der Waals surface area contributed by atoms with Gasteiger partial charge < -0.3 is 20.1 Å². The molecule has 0 fully saturated rings. The van der Waals surface area contributed by atoms with Crippen molar-refractivity contribution in [2.45, 2.75) is 123 Å². The van der Waals surface area contributed by atoms with Gasteiger partial charge in [0.25, 0.3) is 0 Å². The van der Waals surface area contributed by atoms with E-state index in [0.717, 1.165) is 32.1 Å². The standard InChI is InChI=1S/C25H50NO8P/c1-3-5-7-8-9-10-11-12-13-14-15-16-18-25(29)32-21-23(27)22-34-35(30,31)33-20-19-26-24(28)17-6-4-2/h23,27H,3-22H2,1-2H3,(H,26,28)(H,30,31). The monoisotopic (exact) mass is 523 g/mol. The maximum Gasteiger partial charge on any atom is 0.472 e. The molecule has 0 aliphatic carbocycles. The quantitative estimate of drug-likeness (QED) is 0.0821. The molecule has 1 amide bonds. The average molecular weight is 524 g/mol. The topological polar surface area (TPSA) is 131 Å². The molecular weight excluding hydrogens is 473 g/mol. The highest BCUT2D eigenvalue weighted by Crippen LogP contribution is 2.42. The van der Waals surface area contributed by atoms with Crippen molar-refractivity contribution >= 4 is 19.7 Å². The Labute approximate surface area is 212 Å². The van der Waals surface area contributed by atoms with Gasteiger partial charge in [-0.3, -0.25) is 18.6 Å². The summed E-state index contributed by atoms with van der Waals surface area (Å²) >= 11 is 0. The van der Waals surface area contributed by atoms with Gasteiger partial charge in [-0.05, 0) is 12.8 Å².